The van der Waals surface area contributed by atoms with Crippen molar-refractivity contribution in [1.82, 2.24) is 10.7 Å². The highest BCUT2D eigenvalue weighted by atomic mass is 35.5. The molecule has 1 heterocycles. The summed E-state index contributed by atoms with van der Waals surface area (Å²) in [6, 6.07) is 15.6. The van der Waals surface area contributed by atoms with Crippen LogP contribution < -0.4 is 10.7 Å². The highest BCUT2D eigenvalue weighted by Gasteiger charge is 2.11. The molecule has 0 saturated carbocycles. The third-order valence-electron chi connectivity index (χ3n) is 3.83. The van der Waals surface area contributed by atoms with Crippen molar-refractivity contribution in [2.75, 3.05) is 6.54 Å². The molecule has 1 atom stereocenters. The van der Waals surface area contributed by atoms with Crippen molar-refractivity contribution in [3.05, 3.63) is 81.9 Å². The van der Waals surface area contributed by atoms with Gasteiger partial charge in [-0.2, -0.15) is 5.10 Å². The number of nitrogens with one attached hydrogen (secondary N) is 2. The first-order valence-electron chi connectivity index (χ1n) is 8.60. The van der Waals surface area contributed by atoms with E-state index in [0.717, 1.165) is 23.4 Å². The Balaban J connectivity index is 0.00000280. The number of aliphatic imine (C=N–C) groups is 1. The van der Waals surface area contributed by atoms with Crippen LogP contribution in [0.15, 0.2) is 70.8 Å². The van der Waals surface area contributed by atoms with Crippen molar-refractivity contribution < 1.29 is 0 Å². The summed E-state index contributed by atoms with van der Waals surface area (Å²) in [7, 11) is 0. The lowest BCUT2D eigenvalue weighted by Gasteiger charge is -2.05. The number of halogens is 3. The number of nitrogens with zero attached hydrogens (tertiary/aromatic N) is 2. The maximum absolute atomic E-state index is 5.94. The van der Waals surface area contributed by atoms with Crippen LogP contribution in [0, 0.1) is 0 Å². The number of hydrogen-bond donors (Lipinski definition) is 2. The van der Waals surface area contributed by atoms with Gasteiger partial charge in [-0.3, -0.25) is 0 Å². The monoisotopic (exact) mass is 434 g/mol. The minimum atomic E-state index is 0. The Hall–Kier alpha value is -2.27. The Morgan fingerprint density at radius 2 is 1.50 bits per heavy atom. The molecule has 1 unspecified atom stereocenters. The lowest BCUT2D eigenvalue weighted by Crippen LogP contribution is -2.35. The average Bonchev–Trinajstić information content (AvgIpc) is 3.09. The molecule has 0 bridgehead atoms. The molecule has 0 saturated heterocycles. The van der Waals surface area contributed by atoms with Gasteiger partial charge in [0.05, 0.1) is 12.3 Å². The fourth-order valence-corrected chi connectivity index (χ4v) is 2.63. The van der Waals surface area contributed by atoms with E-state index in [0.29, 0.717) is 22.0 Å². The maximum Gasteiger partial charge on any atom is 0.212 e. The predicted molar refractivity (Wildman–Crippen MR) is 124 cm³/mol. The van der Waals surface area contributed by atoms with Crippen LogP contribution in [0.2, 0.25) is 10.0 Å². The Labute approximate surface area is 181 Å². The minimum absolute atomic E-state index is 0. The van der Waals surface area contributed by atoms with Gasteiger partial charge in [0.25, 0.3) is 0 Å². The molecular weight excluding hydrogens is 415 g/mol. The van der Waals surface area contributed by atoms with Crippen molar-refractivity contribution in [1.29, 1.82) is 0 Å². The Kier molecular flexibility index (Phi) is 8.58. The van der Waals surface area contributed by atoms with E-state index in [1.165, 1.54) is 0 Å². The van der Waals surface area contributed by atoms with E-state index in [4.69, 9.17) is 23.2 Å². The smallest absolute Gasteiger partial charge is 0.212 e. The number of allylic oxidation sites excluding steroid dienone is 2. The molecule has 0 amide bonds. The number of guanidine groups is 1. The molecule has 2 aromatic carbocycles. The molecule has 3 rings (SSSR count). The van der Waals surface area contributed by atoms with E-state index in [-0.39, 0.29) is 12.4 Å². The highest BCUT2D eigenvalue weighted by molar-refractivity contribution is 6.30. The lowest BCUT2D eigenvalue weighted by atomic mass is 10.1. The summed E-state index contributed by atoms with van der Waals surface area (Å²) >= 11 is 11.9. The van der Waals surface area contributed by atoms with E-state index >= 15 is 0 Å². The van der Waals surface area contributed by atoms with Gasteiger partial charge in [0.1, 0.15) is 0 Å². The first kappa shape index (κ1) is 22.0. The van der Waals surface area contributed by atoms with Crippen LogP contribution in [0.25, 0.3) is 12.2 Å². The third-order valence-corrected chi connectivity index (χ3v) is 4.33. The third kappa shape index (κ3) is 7.04. The second-order valence-electron chi connectivity index (χ2n) is 6.15. The SMILES string of the molecule is CC1CN=C(NN=C(C=Cc2ccc(Cl)cc2)C=Cc2ccc(Cl)cc2)N1.Cl. The van der Waals surface area contributed by atoms with E-state index in [9.17, 15) is 0 Å². The molecule has 0 spiro atoms. The molecule has 1 aliphatic rings. The summed E-state index contributed by atoms with van der Waals surface area (Å²) in [5.74, 6) is 0.680. The van der Waals surface area contributed by atoms with Gasteiger partial charge in [0.15, 0.2) is 0 Å². The van der Waals surface area contributed by atoms with E-state index in [1.54, 1.807) is 0 Å². The van der Waals surface area contributed by atoms with Gasteiger partial charge in [0, 0.05) is 16.1 Å². The highest BCUT2D eigenvalue weighted by Crippen LogP contribution is 2.12. The summed E-state index contributed by atoms with van der Waals surface area (Å²) in [6.45, 7) is 2.82. The topological polar surface area (TPSA) is 48.8 Å². The van der Waals surface area contributed by atoms with Gasteiger partial charge in [-0.1, -0.05) is 59.6 Å². The van der Waals surface area contributed by atoms with Crippen molar-refractivity contribution in [3.63, 3.8) is 0 Å². The molecule has 1 aliphatic heterocycles. The molecule has 2 N–H and O–H groups in total. The standard InChI is InChI=1S/C21H20Cl2N4.ClH/c1-15-14-24-21(25-15)27-26-20(12-6-16-2-8-18(22)9-3-16)13-7-17-4-10-19(23)11-5-17;/h2-13,15H,14H2,1H3,(H2,24,25,27);1H. The molecule has 0 fully saturated rings. The lowest BCUT2D eigenvalue weighted by molar-refractivity contribution is 0.717. The molecule has 7 heteroatoms. The summed E-state index contributed by atoms with van der Waals surface area (Å²) in [4.78, 5) is 4.35. The van der Waals surface area contributed by atoms with Crippen LogP contribution in [0.4, 0.5) is 0 Å². The molecule has 4 nitrogen and oxygen atoms in total. The summed E-state index contributed by atoms with van der Waals surface area (Å²) < 4.78 is 0. The van der Waals surface area contributed by atoms with Crippen molar-refractivity contribution >= 4 is 59.4 Å². The normalized spacial score (nSPS) is 15.8. The molecular formula is C21H21Cl3N4. The second kappa shape index (κ2) is 10.9. The van der Waals surface area contributed by atoms with E-state index in [1.807, 2.05) is 72.8 Å². The predicted octanol–water partition coefficient (Wildman–Crippen LogP) is 5.44. The Morgan fingerprint density at radius 1 is 1.00 bits per heavy atom. The second-order valence-corrected chi connectivity index (χ2v) is 7.03. The molecule has 0 aromatic heterocycles. The number of hydrogen-bond acceptors (Lipinski definition) is 4. The van der Waals surface area contributed by atoms with Crippen LogP contribution in [0.3, 0.4) is 0 Å². The van der Waals surface area contributed by atoms with Gasteiger partial charge in [0.2, 0.25) is 5.96 Å². The number of hydrazone groups is 1. The van der Waals surface area contributed by atoms with Gasteiger partial charge >= 0.3 is 0 Å². The van der Waals surface area contributed by atoms with Crippen LogP contribution in [-0.2, 0) is 0 Å². The number of rotatable bonds is 5. The largest absolute Gasteiger partial charge is 0.351 e. The first-order valence-corrected chi connectivity index (χ1v) is 9.36. The molecule has 0 aliphatic carbocycles. The van der Waals surface area contributed by atoms with E-state index in [2.05, 4.69) is 27.8 Å². The molecule has 0 radical (unpaired) electrons. The summed E-state index contributed by atoms with van der Waals surface area (Å²) in [5, 5.41) is 9.10. The first-order chi connectivity index (χ1) is 13.1. The zero-order valence-corrected chi connectivity index (χ0v) is 17.6. The van der Waals surface area contributed by atoms with Crippen molar-refractivity contribution in [2.45, 2.75) is 13.0 Å². The zero-order chi connectivity index (χ0) is 19.1. The van der Waals surface area contributed by atoms with Crippen LogP contribution in [-0.4, -0.2) is 24.3 Å². The van der Waals surface area contributed by atoms with Gasteiger partial charge < -0.3 is 5.32 Å². The number of benzene rings is 2. The van der Waals surface area contributed by atoms with Crippen LogP contribution in [0.1, 0.15) is 18.1 Å². The quantitative estimate of drug-likeness (QED) is 0.485. The molecule has 146 valence electrons. The zero-order valence-electron chi connectivity index (χ0n) is 15.3. The van der Waals surface area contributed by atoms with Crippen LogP contribution in [0.5, 0.6) is 0 Å². The molecule has 28 heavy (non-hydrogen) atoms. The molecule has 2 aromatic rings. The van der Waals surface area contributed by atoms with Crippen molar-refractivity contribution in [3.8, 4) is 0 Å². The maximum atomic E-state index is 5.94. The van der Waals surface area contributed by atoms with Crippen LogP contribution >= 0.6 is 35.6 Å². The average molecular weight is 436 g/mol. The minimum Gasteiger partial charge on any atom is -0.351 e. The fourth-order valence-electron chi connectivity index (χ4n) is 2.38. The van der Waals surface area contributed by atoms with Gasteiger partial charge in [-0.15, -0.1) is 12.4 Å². The summed E-state index contributed by atoms with van der Waals surface area (Å²) in [6.07, 6.45) is 7.83. The fraction of sp³-hybridized carbons (Fsp3) is 0.143. The summed E-state index contributed by atoms with van der Waals surface area (Å²) in [5.41, 5.74) is 5.82. The van der Waals surface area contributed by atoms with Gasteiger partial charge in [-0.05, 0) is 54.5 Å². The Morgan fingerprint density at radius 3 is 1.93 bits per heavy atom. The van der Waals surface area contributed by atoms with Crippen molar-refractivity contribution in [2.24, 2.45) is 10.1 Å². The Bertz CT molecular complexity index is 827. The van der Waals surface area contributed by atoms with Gasteiger partial charge in [-0.25, -0.2) is 10.4 Å². The van der Waals surface area contributed by atoms with E-state index < -0.39 is 0 Å².